The first-order chi connectivity index (χ1) is 18.4. The average Bonchev–Trinajstić information content (AvgIpc) is 2.88. The number of ether oxygens (including phenoxy) is 2. The van der Waals surface area contributed by atoms with Gasteiger partial charge in [0.1, 0.15) is 18.3 Å². The molecule has 0 spiro atoms. The van der Waals surface area contributed by atoms with Crippen LogP contribution < -0.4 is 17.1 Å². The molecule has 0 aliphatic carbocycles. The number of allylic oxidation sites excluding steroid dienone is 1. The number of esters is 2. The van der Waals surface area contributed by atoms with Gasteiger partial charge in [0.25, 0.3) is 0 Å². The minimum atomic E-state index is -2.32. The normalized spacial score (nSPS) is 15.2. The Morgan fingerprint density at radius 2 is 1.27 bits per heavy atom. The standard InChI is InChI=1S/C26H43N3O11/c1-8-11-27-22(36)28(13-16(30)12-26(7,9-2)10-3)24(38)29(23(27)37)14-17(31)15-39-20(34)18(32)19(33)21(35)40-25(4,5)6/h8,16-19,30-33H,1,9-15H2,2-7H3. The van der Waals surface area contributed by atoms with Crippen LogP contribution in [-0.2, 0) is 38.7 Å². The molecular weight excluding hydrogens is 530 g/mol. The van der Waals surface area contributed by atoms with Crippen molar-refractivity contribution in [3.63, 3.8) is 0 Å². The highest BCUT2D eigenvalue weighted by atomic mass is 16.6. The molecule has 1 aromatic rings. The first-order valence-corrected chi connectivity index (χ1v) is 13.1. The van der Waals surface area contributed by atoms with Gasteiger partial charge in [0, 0.05) is 0 Å². The van der Waals surface area contributed by atoms with Crippen molar-refractivity contribution in [1.82, 2.24) is 13.7 Å². The second kappa shape index (κ2) is 14.5. The van der Waals surface area contributed by atoms with Crippen molar-refractivity contribution in [2.75, 3.05) is 6.61 Å². The Bertz CT molecular complexity index is 1200. The molecule has 0 saturated carbocycles. The number of nitrogens with zero attached hydrogens (tertiary/aromatic N) is 3. The molecule has 0 bridgehead atoms. The number of carbonyl (C=O) groups excluding carboxylic acids is 2. The van der Waals surface area contributed by atoms with Crippen molar-refractivity contribution in [2.45, 2.75) is 110 Å². The van der Waals surface area contributed by atoms with Crippen molar-refractivity contribution >= 4 is 11.9 Å². The molecule has 1 aromatic heterocycles. The lowest BCUT2D eigenvalue weighted by molar-refractivity contribution is -0.181. The molecule has 4 atom stereocenters. The smallest absolute Gasteiger partial charge is 0.338 e. The van der Waals surface area contributed by atoms with Gasteiger partial charge in [-0.25, -0.2) is 37.7 Å². The molecule has 14 nitrogen and oxygen atoms in total. The van der Waals surface area contributed by atoms with Crippen LogP contribution in [0.2, 0.25) is 0 Å². The quantitative estimate of drug-likeness (QED) is 0.147. The summed E-state index contributed by atoms with van der Waals surface area (Å²) in [5.74, 6) is -2.73. The summed E-state index contributed by atoms with van der Waals surface area (Å²) in [4.78, 5) is 62.9. The van der Waals surface area contributed by atoms with Crippen LogP contribution in [0.5, 0.6) is 0 Å². The Labute approximate surface area is 232 Å². The largest absolute Gasteiger partial charge is 0.461 e. The monoisotopic (exact) mass is 573 g/mol. The lowest BCUT2D eigenvalue weighted by atomic mass is 9.79. The number of rotatable bonds is 15. The molecule has 0 fully saturated rings. The third kappa shape index (κ3) is 9.54. The molecule has 14 heteroatoms. The average molecular weight is 574 g/mol. The number of aliphatic hydroxyl groups is 4. The maximum Gasteiger partial charge on any atom is 0.338 e. The van der Waals surface area contributed by atoms with Crippen LogP contribution in [-0.4, -0.2) is 82.7 Å². The Kier molecular flexibility index (Phi) is 12.7. The lowest BCUT2D eigenvalue weighted by Gasteiger charge is -2.29. The zero-order valence-corrected chi connectivity index (χ0v) is 24.0. The van der Waals surface area contributed by atoms with Gasteiger partial charge in [0.05, 0.1) is 25.7 Å². The number of aliphatic hydroxyl groups excluding tert-OH is 4. The van der Waals surface area contributed by atoms with E-state index in [1.54, 1.807) is 0 Å². The first kappa shape index (κ1) is 35.0. The van der Waals surface area contributed by atoms with Crippen molar-refractivity contribution in [3.8, 4) is 0 Å². The third-order valence-corrected chi connectivity index (χ3v) is 6.53. The van der Waals surface area contributed by atoms with Gasteiger partial charge in [0.15, 0.2) is 12.2 Å². The minimum absolute atomic E-state index is 0.237. The zero-order valence-electron chi connectivity index (χ0n) is 24.0. The molecule has 0 amide bonds. The van der Waals surface area contributed by atoms with E-state index in [9.17, 15) is 44.4 Å². The van der Waals surface area contributed by atoms with Crippen LogP contribution in [0.1, 0.15) is 60.8 Å². The van der Waals surface area contributed by atoms with Crippen molar-refractivity contribution in [3.05, 3.63) is 44.1 Å². The molecule has 0 aliphatic rings. The van der Waals surface area contributed by atoms with Gasteiger partial charge in [0.2, 0.25) is 0 Å². The fourth-order valence-corrected chi connectivity index (χ4v) is 3.81. The minimum Gasteiger partial charge on any atom is -0.461 e. The van der Waals surface area contributed by atoms with E-state index in [0.29, 0.717) is 20.1 Å². The summed E-state index contributed by atoms with van der Waals surface area (Å²) in [7, 11) is 0. The van der Waals surface area contributed by atoms with E-state index in [2.05, 4.69) is 6.58 Å². The van der Waals surface area contributed by atoms with Crippen LogP contribution in [0.4, 0.5) is 0 Å². The predicted molar refractivity (Wildman–Crippen MR) is 144 cm³/mol. The van der Waals surface area contributed by atoms with E-state index in [1.165, 1.54) is 26.8 Å². The maximum atomic E-state index is 13.1. The van der Waals surface area contributed by atoms with Crippen LogP contribution >= 0.6 is 0 Å². The first-order valence-electron chi connectivity index (χ1n) is 13.1. The van der Waals surface area contributed by atoms with Gasteiger partial charge < -0.3 is 29.9 Å². The molecule has 0 aliphatic heterocycles. The van der Waals surface area contributed by atoms with E-state index in [1.807, 2.05) is 20.8 Å². The summed E-state index contributed by atoms with van der Waals surface area (Å²) in [5, 5.41) is 40.8. The summed E-state index contributed by atoms with van der Waals surface area (Å²) < 4.78 is 11.6. The van der Waals surface area contributed by atoms with Gasteiger partial charge >= 0.3 is 29.0 Å². The second-order valence-electron chi connectivity index (χ2n) is 11.1. The van der Waals surface area contributed by atoms with Crippen LogP contribution in [0.3, 0.4) is 0 Å². The van der Waals surface area contributed by atoms with Gasteiger partial charge in [-0.1, -0.05) is 39.7 Å². The molecule has 0 radical (unpaired) electrons. The summed E-state index contributed by atoms with van der Waals surface area (Å²) in [5.41, 5.74) is -4.34. The highest BCUT2D eigenvalue weighted by Crippen LogP contribution is 2.31. The third-order valence-electron chi connectivity index (χ3n) is 6.53. The molecular formula is C26H43N3O11. The fraction of sp³-hybridized carbons (Fsp3) is 0.731. The summed E-state index contributed by atoms with van der Waals surface area (Å²) in [6, 6.07) is 0. The van der Waals surface area contributed by atoms with Crippen LogP contribution in [0.15, 0.2) is 27.0 Å². The molecule has 4 unspecified atom stereocenters. The van der Waals surface area contributed by atoms with E-state index in [0.717, 1.165) is 12.8 Å². The summed E-state index contributed by atoms with van der Waals surface area (Å²) >= 11 is 0. The van der Waals surface area contributed by atoms with Crippen LogP contribution in [0, 0.1) is 5.41 Å². The van der Waals surface area contributed by atoms with Gasteiger partial charge in [-0.3, -0.25) is 0 Å². The SMILES string of the molecule is C=CCn1c(=O)n(CC(O)COC(=O)C(O)C(O)C(=O)OC(C)(C)C)c(=O)n(CC(O)CC(C)(CC)CC)c1=O. The molecule has 0 saturated heterocycles. The van der Waals surface area contributed by atoms with Gasteiger partial charge in [-0.15, -0.1) is 6.58 Å². The van der Waals surface area contributed by atoms with E-state index >= 15 is 0 Å². The highest BCUT2D eigenvalue weighted by Gasteiger charge is 2.35. The molecule has 1 heterocycles. The van der Waals surface area contributed by atoms with Gasteiger partial charge in [-0.2, -0.15) is 0 Å². The Hall–Kier alpha value is -3.07. The Balaban J connectivity index is 3.13. The van der Waals surface area contributed by atoms with Crippen molar-refractivity contribution in [2.24, 2.45) is 5.41 Å². The summed E-state index contributed by atoms with van der Waals surface area (Å²) in [6.45, 7) is 11.7. The maximum absolute atomic E-state index is 13.1. The zero-order chi connectivity index (χ0) is 31.0. The molecule has 0 aromatic carbocycles. The highest BCUT2D eigenvalue weighted by molar-refractivity contribution is 5.85. The summed E-state index contributed by atoms with van der Waals surface area (Å²) in [6.07, 6.45) is -4.26. The lowest BCUT2D eigenvalue weighted by Crippen LogP contribution is -2.56. The Morgan fingerprint density at radius 1 is 0.825 bits per heavy atom. The molecule has 228 valence electrons. The van der Waals surface area contributed by atoms with Crippen molar-refractivity contribution < 1.29 is 39.5 Å². The molecule has 40 heavy (non-hydrogen) atoms. The van der Waals surface area contributed by atoms with Crippen LogP contribution in [0.25, 0.3) is 0 Å². The predicted octanol–water partition coefficient (Wildman–Crippen LogP) is -1.10. The molecule has 1 rings (SSSR count). The fourth-order valence-electron chi connectivity index (χ4n) is 3.81. The van der Waals surface area contributed by atoms with E-state index in [-0.39, 0.29) is 12.0 Å². The number of aromatic nitrogens is 3. The van der Waals surface area contributed by atoms with Crippen molar-refractivity contribution in [1.29, 1.82) is 0 Å². The topological polar surface area (TPSA) is 200 Å². The van der Waals surface area contributed by atoms with E-state index < -0.39 is 78.7 Å². The Morgan fingerprint density at radius 3 is 1.73 bits per heavy atom. The number of hydrogen-bond acceptors (Lipinski definition) is 11. The molecule has 4 N–H and O–H groups in total. The van der Waals surface area contributed by atoms with Gasteiger partial charge in [-0.05, 0) is 32.6 Å². The second-order valence-corrected chi connectivity index (χ2v) is 11.1. The number of carbonyl (C=O) groups is 2. The number of hydrogen-bond donors (Lipinski definition) is 4. The van der Waals surface area contributed by atoms with E-state index in [4.69, 9.17) is 9.47 Å².